The lowest BCUT2D eigenvalue weighted by molar-refractivity contribution is -0.132. The Hall–Kier alpha value is -1.21. The van der Waals surface area contributed by atoms with Crippen LogP contribution < -0.4 is 0 Å². The quantitative estimate of drug-likeness (QED) is 0.252. The molecule has 0 aromatic rings. The van der Waals surface area contributed by atoms with Crippen molar-refractivity contribution in [2.45, 2.75) is 12.8 Å². The van der Waals surface area contributed by atoms with Gasteiger partial charge in [-0.05, 0) is 6.42 Å². The van der Waals surface area contributed by atoms with Crippen LogP contribution >= 0.6 is 0 Å². The fraction of sp³-hybridized carbons (Fsp3) is 0.333. The summed E-state index contributed by atoms with van der Waals surface area (Å²) >= 11 is 0. The van der Waals surface area contributed by atoms with Crippen molar-refractivity contribution in [1.29, 1.82) is 0 Å². The van der Waals surface area contributed by atoms with E-state index in [4.69, 9.17) is 0 Å². The van der Waals surface area contributed by atoms with Gasteiger partial charge in [0.05, 0.1) is 5.57 Å². The van der Waals surface area contributed by atoms with E-state index in [-0.39, 0.29) is 18.4 Å². The van der Waals surface area contributed by atoms with Crippen molar-refractivity contribution >= 4 is 17.5 Å². The predicted molar refractivity (Wildman–Crippen MR) is 28.5 cm³/mol. The molecular weight excluding hydrogens is 120 g/mol. The van der Waals surface area contributed by atoms with Crippen molar-refractivity contribution in [3.05, 3.63) is 5.57 Å². The first-order chi connectivity index (χ1) is 4.25. The number of allylic oxidation sites excluding steroid dienone is 1. The van der Waals surface area contributed by atoms with Crippen molar-refractivity contribution in [1.82, 2.24) is 0 Å². The van der Waals surface area contributed by atoms with E-state index in [1.54, 1.807) is 0 Å². The molecular formula is C6H4O3. The highest BCUT2D eigenvalue weighted by molar-refractivity contribution is 6.47. The molecule has 9 heavy (non-hydrogen) atoms. The third-order valence-corrected chi connectivity index (χ3v) is 1.25. The number of Topliss-reactive ketones (excluding diaryl/α,β-unsaturated/α-hetero) is 2. The molecule has 1 fully saturated rings. The minimum Gasteiger partial charge on any atom is -0.290 e. The Bertz CT molecular complexity index is 220. The lowest BCUT2D eigenvalue weighted by Crippen LogP contribution is -2.04. The van der Waals surface area contributed by atoms with Gasteiger partial charge in [-0.1, -0.05) is 0 Å². The van der Waals surface area contributed by atoms with Gasteiger partial charge in [0.15, 0.2) is 0 Å². The third kappa shape index (κ3) is 0.819. The zero-order chi connectivity index (χ0) is 6.85. The number of hydrogen-bond donors (Lipinski definition) is 0. The summed E-state index contributed by atoms with van der Waals surface area (Å²) in [4.78, 5) is 30.7. The Labute approximate surface area is 51.4 Å². The molecule has 1 saturated carbocycles. The van der Waals surface area contributed by atoms with Crippen molar-refractivity contribution < 1.29 is 14.4 Å². The van der Waals surface area contributed by atoms with Crippen molar-refractivity contribution in [3.8, 4) is 0 Å². The summed E-state index contributed by atoms with van der Waals surface area (Å²) in [5, 5.41) is 0. The molecule has 0 unspecified atom stereocenters. The topological polar surface area (TPSA) is 51.2 Å². The van der Waals surface area contributed by atoms with Crippen LogP contribution in [0.15, 0.2) is 5.57 Å². The SMILES string of the molecule is O=C=C1CCC(=O)C1=O. The molecule has 1 aliphatic rings. The zero-order valence-electron chi connectivity index (χ0n) is 4.64. The van der Waals surface area contributed by atoms with Gasteiger partial charge < -0.3 is 0 Å². The minimum absolute atomic E-state index is 0.000000000000000222. The molecule has 1 rings (SSSR count). The van der Waals surface area contributed by atoms with Crippen LogP contribution in [0.1, 0.15) is 12.8 Å². The van der Waals surface area contributed by atoms with Gasteiger partial charge in [-0.25, -0.2) is 4.79 Å². The van der Waals surface area contributed by atoms with Gasteiger partial charge >= 0.3 is 0 Å². The normalized spacial score (nSPS) is 18.4. The van der Waals surface area contributed by atoms with Crippen molar-refractivity contribution in [2.24, 2.45) is 0 Å². The maximum absolute atomic E-state index is 10.5. The average Bonchev–Trinajstić information content (AvgIpc) is 2.15. The molecule has 0 aliphatic heterocycles. The van der Waals surface area contributed by atoms with Crippen LogP contribution in [0.2, 0.25) is 0 Å². The van der Waals surface area contributed by atoms with E-state index in [0.29, 0.717) is 0 Å². The molecule has 0 radical (unpaired) electrons. The molecule has 3 heteroatoms. The monoisotopic (exact) mass is 124 g/mol. The second-order valence-corrected chi connectivity index (χ2v) is 1.83. The number of hydrogen-bond acceptors (Lipinski definition) is 3. The number of ketones is 2. The van der Waals surface area contributed by atoms with Crippen LogP contribution in [0.4, 0.5) is 0 Å². The van der Waals surface area contributed by atoms with Gasteiger partial charge in [0.1, 0.15) is 5.94 Å². The second-order valence-electron chi connectivity index (χ2n) is 1.83. The van der Waals surface area contributed by atoms with Gasteiger partial charge in [0, 0.05) is 6.42 Å². The fourth-order valence-corrected chi connectivity index (χ4v) is 0.731. The molecule has 0 amide bonds. The summed E-state index contributed by atoms with van der Waals surface area (Å²) in [6, 6.07) is 0. The van der Waals surface area contributed by atoms with Gasteiger partial charge in [-0.15, -0.1) is 0 Å². The highest BCUT2D eigenvalue weighted by Crippen LogP contribution is 2.13. The molecule has 1 aliphatic carbocycles. The van der Waals surface area contributed by atoms with Crippen LogP contribution in [-0.4, -0.2) is 17.5 Å². The van der Waals surface area contributed by atoms with Crippen LogP contribution in [0.25, 0.3) is 0 Å². The van der Waals surface area contributed by atoms with E-state index >= 15 is 0 Å². The lowest BCUT2D eigenvalue weighted by atomic mass is 10.2. The molecule has 0 atom stereocenters. The first-order valence-corrected chi connectivity index (χ1v) is 2.57. The summed E-state index contributed by atoms with van der Waals surface area (Å²) in [6.45, 7) is 0. The summed E-state index contributed by atoms with van der Waals surface area (Å²) in [7, 11) is 0. The Morgan fingerprint density at radius 3 is 2.11 bits per heavy atom. The molecule has 0 N–H and O–H groups in total. The van der Waals surface area contributed by atoms with Crippen LogP contribution in [0.5, 0.6) is 0 Å². The summed E-state index contributed by atoms with van der Waals surface area (Å²) in [6.07, 6.45) is 0.463. The average molecular weight is 124 g/mol. The molecule has 46 valence electrons. The summed E-state index contributed by atoms with van der Waals surface area (Å²) in [5.41, 5.74) is 0.000000000000000222. The van der Waals surface area contributed by atoms with Crippen molar-refractivity contribution in [3.63, 3.8) is 0 Å². The first kappa shape index (κ1) is 5.92. The van der Waals surface area contributed by atoms with E-state index in [0.717, 1.165) is 0 Å². The minimum atomic E-state index is -0.648. The largest absolute Gasteiger partial charge is 0.290 e. The predicted octanol–water partition coefficient (Wildman–Crippen LogP) is -0.324. The van der Waals surface area contributed by atoms with Gasteiger partial charge in [-0.2, -0.15) is 0 Å². The number of carbonyl (C=O) groups is 2. The van der Waals surface area contributed by atoms with Crippen LogP contribution in [-0.2, 0) is 14.4 Å². The standard InChI is InChI=1S/C6H4O3/c7-3-4-1-2-5(8)6(4)9/h1-2H2. The Morgan fingerprint density at radius 2 is 1.89 bits per heavy atom. The molecule has 0 heterocycles. The highest BCUT2D eigenvalue weighted by Gasteiger charge is 2.27. The van der Waals surface area contributed by atoms with Gasteiger partial charge in [0.2, 0.25) is 11.6 Å². The lowest BCUT2D eigenvalue weighted by Gasteiger charge is -1.76. The first-order valence-electron chi connectivity index (χ1n) is 2.57. The Morgan fingerprint density at radius 1 is 1.22 bits per heavy atom. The number of carbonyl (C=O) groups excluding carboxylic acids is 3. The number of rotatable bonds is 0. The summed E-state index contributed by atoms with van der Waals surface area (Å²) < 4.78 is 0. The third-order valence-electron chi connectivity index (χ3n) is 1.25. The van der Waals surface area contributed by atoms with Crippen LogP contribution in [0.3, 0.4) is 0 Å². The highest BCUT2D eigenvalue weighted by atomic mass is 16.2. The molecule has 0 aromatic heterocycles. The van der Waals surface area contributed by atoms with Gasteiger partial charge in [0.25, 0.3) is 0 Å². The van der Waals surface area contributed by atoms with E-state index in [2.05, 4.69) is 0 Å². The molecule has 3 nitrogen and oxygen atoms in total. The summed E-state index contributed by atoms with van der Waals surface area (Å²) in [5.74, 6) is 0.328. The smallest absolute Gasteiger partial charge is 0.235 e. The maximum atomic E-state index is 10.5. The Kier molecular flexibility index (Phi) is 1.29. The fourth-order valence-electron chi connectivity index (χ4n) is 0.731. The van der Waals surface area contributed by atoms with E-state index in [1.165, 1.54) is 5.94 Å². The Balaban J connectivity index is 2.99. The molecule has 0 aromatic carbocycles. The second kappa shape index (κ2) is 1.96. The van der Waals surface area contributed by atoms with Crippen molar-refractivity contribution in [2.75, 3.05) is 0 Å². The van der Waals surface area contributed by atoms with E-state index in [9.17, 15) is 14.4 Å². The molecule has 0 bridgehead atoms. The van der Waals surface area contributed by atoms with E-state index in [1.807, 2.05) is 0 Å². The van der Waals surface area contributed by atoms with Crippen LogP contribution in [0, 0.1) is 0 Å². The molecule has 0 spiro atoms. The van der Waals surface area contributed by atoms with E-state index < -0.39 is 11.6 Å². The molecule has 0 saturated heterocycles. The maximum Gasteiger partial charge on any atom is 0.235 e. The zero-order valence-corrected chi connectivity index (χ0v) is 4.64. The van der Waals surface area contributed by atoms with Gasteiger partial charge in [-0.3, -0.25) is 9.59 Å².